The molecule has 2 rings (SSSR count). The molecule has 0 bridgehead atoms. The standard InChI is InChI=1S/C16H33N3/c1-4-13-7-8-16(17)14(10-13)11-18(2)12-15-6-5-9-19(15)3/h13-16H,4-12,17H2,1-3H3. The van der Waals surface area contributed by atoms with Gasteiger partial charge in [-0.15, -0.1) is 0 Å². The number of hydrogen-bond donors (Lipinski definition) is 1. The third-order valence-electron chi connectivity index (χ3n) is 5.47. The van der Waals surface area contributed by atoms with Crippen molar-refractivity contribution in [2.24, 2.45) is 17.6 Å². The van der Waals surface area contributed by atoms with Crippen molar-refractivity contribution in [2.75, 3.05) is 33.7 Å². The Morgan fingerprint density at radius 1 is 1.21 bits per heavy atom. The quantitative estimate of drug-likeness (QED) is 0.828. The van der Waals surface area contributed by atoms with Crippen molar-refractivity contribution in [1.82, 2.24) is 9.80 Å². The summed E-state index contributed by atoms with van der Waals surface area (Å²) in [6, 6.07) is 1.21. The molecule has 0 aromatic carbocycles. The lowest BCUT2D eigenvalue weighted by atomic mass is 9.77. The number of nitrogens with zero attached hydrogens (tertiary/aromatic N) is 2. The zero-order valence-electron chi connectivity index (χ0n) is 13.1. The van der Waals surface area contributed by atoms with Gasteiger partial charge in [-0.1, -0.05) is 13.3 Å². The third-order valence-corrected chi connectivity index (χ3v) is 5.47. The van der Waals surface area contributed by atoms with E-state index in [1.807, 2.05) is 0 Å². The van der Waals surface area contributed by atoms with Crippen molar-refractivity contribution >= 4 is 0 Å². The van der Waals surface area contributed by atoms with E-state index in [0.717, 1.165) is 17.9 Å². The lowest BCUT2D eigenvalue weighted by Crippen LogP contribution is -2.45. The zero-order chi connectivity index (χ0) is 13.8. The van der Waals surface area contributed by atoms with Crippen molar-refractivity contribution in [3.63, 3.8) is 0 Å². The minimum absolute atomic E-state index is 0.437. The molecule has 1 aliphatic carbocycles. The number of likely N-dealkylation sites (tertiary alicyclic amines) is 1. The molecule has 0 amide bonds. The normalized spacial score (nSPS) is 37.1. The number of rotatable bonds is 5. The van der Waals surface area contributed by atoms with E-state index in [9.17, 15) is 0 Å². The third kappa shape index (κ3) is 4.17. The van der Waals surface area contributed by atoms with Crippen LogP contribution in [0.4, 0.5) is 0 Å². The van der Waals surface area contributed by atoms with Crippen LogP contribution in [0.1, 0.15) is 45.4 Å². The maximum Gasteiger partial charge on any atom is 0.0220 e. The largest absolute Gasteiger partial charge is 0.327 e. The first kappa shape index (κ1) is 15.3. The first-order valence-electron chi connectivity index (χ1n) is 8.24. The summed E-state index contributed by atoms with van der Waals surface area (Å²) in [7, 11) is 4.55. The fourth-order valence-electron chi connectivity index (χ4n) is 4.01. The van der Waals surface area contributed by atoms with Crippen LogP contribution in [0.2, 0.25) is 0 Å². The number of nitrogens with two attached hydrogens (primary N) is 1. The van der Waals surface area contributed by atoms with Gasteiger partial charge in [0.15, 0.2) is 0 Å². The summed E-state index contributed by atoms with van der Waals surface area (Å²) in [4.78, 5) is 5.06. The molecule has 0 radical (unpaired) electrons. The average molecular weight is 267 g/mol. The predicted molar refractivity (Wildman–Crippen MR) is 82.2 cm³/mol. The fourth-order valence-corrected chi connectivity index (χ4v) is 4.01. The van der Waals surface area contributed by atoms with Gasteiger partial charge < -0.3 is 15.5 Å². The maximum atomic E-state index is 6.34. The Bertz CT molecular complexity index is 269. The van der Waals surface area contributed by atoms with Crippen LogP contribution >= 0.6 is 0 Å². The average Bonchev–Trinajstić information content (AvgIpc) is 2.78. The van der Waals surface area contributed by atoms with E-state index in [0.29, 0.717) is 6.04 Å². The highest BCUT2D eigenvalue weighted by molar-refractivity contribution is 4.85. The monoisotopic (exact) mass is 267 g/mol. The molecule has 1 saturated carbocycles. The molecule has 0 aromatic heterocycles. The molecule has 1 aliphatic heterocycles. The van der Waals surface area contributed by atoms with Crippen LogP contribution in [0, 0.1) is 11.8 Å². The first-order valence-corrected chi connectivity index (χ1v) is 8.24. The van der Waals surface area contributed by atoms with Crippen LogP contribution in [0.25, 0.3) is 0 Å². The van der Waals surface area contributed by atoms with E-state index in [2.05, 4.69) is 30.8 Å². The molecule has 3 nitrogen and oxygen atoms in total. The van der Waals surface area contributed by atoms with Crippen molar-refractivity contribution in [2.45, 2.75) is 57.5 Å². The molecular weight excluding hydrogens is 234 g/mol. The highest BCUT2D eigenvalue weighted by atomic mass is 15.2. The summed E-state index contributed by atoms with van der Waals surface area (Å²) in [6.07, 6.45) is 8.01. The van der Waals surface area contributed by atoms with Gasteiger partial charge in [-0.3, -0.25) is 0 Å². The molecule has 4 unspecified atom stereocenters. The Hall–Kier alpha value is -0.120. The summed E-state index contributed by atoms with van der Waals surface area (Å²) in [5.74, 6) is 1.64. The lowest BCUT2D eigenvalue weighted by Gasteiger charge is -2.37. The number of hydrogen-bond acceptors (Lipinski definition) is 3. The van der Waals surface area contributed by atoms with Crippen LogP contribution < -0.4 is 5.73 Å². The molecule has 112 valence electrons. The van der Waals surface area contributed by atoms with Gasteiger partial charge in [0.2, 0.25) is 0 Å². The minimum atomic E-state index is 0.437. The van der Waals surface area contributed by atoms with Crippen LogP contribution in [0.5, 0.6) is 0 Å². The fraction of sp³-hybridized carbons (Fsp3) is 1.00. The molecule has 1 saturated heterocycles. The van der Waals surface area contributed by atoms with Crippen molar-refractivity contribution in [3.05, 3.63) is 0 Å². The van der Waals surface area contributed by atoms with Crippen LogP contribution in [0.3, 0.4) is 0 Å². The van der Waals surface area contributed by atoms with Gasteiger partial charge in [0, 0.05) is 25.2 Å². The van der Waals surface area contributed by atoms with E-state index in [1.54, 1.807) is 0 Å². The van der Waals surface area contributed by atoms with Gasteiger partial charge in [0.25, 0.3) is 0 Å². The van der Waals surface area contributed by atoms with E-state index in [-0.39, 0.29) is 0 Å². The van der Waals surface area contributed by atoms with Crippen LogP contribution in [0.15, 0.2) is 0 Å². The molecule has 2 fully saturated rings. The second-order valence-corrected chi connectivity index (χ2v) is 7.01. The molecule has 3 heteroatoms. The van der Waals surface area contributed by atoms with Crippen molar-refractivity contribution in [1.29, 1.82) is 0 Å². The van der Waals surface area contributed by atoms with E-state index >= 15 is 0 Å². The second-order valence-electron chi connectivity index (χ2n) is 7.01. The Morgan fingerprint density at radius 3 is 2.63 bits per heavy atom. The van der Waals surface area contributed by atoms with Gasteiger partial charge in [-0.05, 0) is 64.6 Å². The molecule has 0 aromatic rings. The van der Waals surface area contributed by atoms with Gasteiger partial charge in [-0.2, -0.15) is 0 Å². The van der Waals surface area contributed by atoms with Gasteiger partial charge in [0.05, 0.1) is 0 Å². The van der Waals surface area contributed by atoms with E-state index in [1.165, 1.54) is 58.2 Å². The minimum Gasteiger partial charge on any atom is -0.327 e. The lowest BCUT2D eigenvalue weighted by molar-refractivity contribution is 0.149. The van der Waals surface area contributed by atoms with Crippen molar-refractivity contribution < 1.29 is 0 Å². The summed E-state index contributed by atoms with van der Waals surface area (Å²) in [5, 5.41) is 0. The molecular formula is C16H33N3. The summed E-state index contributed by atoms with van der Waals surface area (Å²) in [6.45, 7) is 6.02. The maximum absolute atomic E-state index is 6.34. The SMILES string of the molecule is CCC1CCC(N)C(CN(C)CC2CCCN2C)C1. The van der Waals surface area contributed by atoms with Gasteiger partial charge in [-0.25, -0.2) is 0 Å². The smallest absolute Gasteiger partial charge is 0.0220 e. The Balaban J connectivity index is 1.78. The van der Waals surface area contributed by atoms with Crippen molar-refractivity contribution in [3.8, 4) is 0 Å². The van der Waals surface area contributed by atoms with E-state index < -0.39 is 0 Å². The summed E-state index contributed by atoms with van der Waals surface area (Å²) < 4.78 is 0. The van der Waals surface area contributed by atoms with Gasteiger partial charge >= 0.3 is 0 Å². The van der Waals surface area contributed by atoms with Crippen LogP contribution in [-0.4, -0.2) is 55.6 Å². The molecule has 19 heavy (non-hydrogen) atoms. The molecule has 1 heterocycles. The zero-order valence-corrected chi connectivity index (χ0v) is 13.1. The number of likely N-dealkylation sites (N-methyl/N-ethyl adjacent to an activating group) is 2. The Morgan fingerprint density at radius 2 is 2.00 bits per heavy atom. The Labute approximate surface area is 119 Å². The highest BCUT2D eigenvalue weighted by Crippen LogP contribution is 2.31. The predicted octanol–water partition coefficient (Wildman–Crippen LogP) is 2.17. The summed E-state index contributed by atoms with van der Waals surface area (Å²) in [5.41, 5.74) is 6.34. The van der Waals surface area contributed by atoms with Crippen LogP contribution in [-0.2, 0) is 0 Å². The molecule has 0 spiro atoms. The first-order chi connectivity index (χ1) is 9.10. The molecule has 2 aliphatic rings. The Kier molecular flexibility index (Phi) is 5.67. The van der Waals surface area contributed by atoms with Gasteiger partial charge in [0.1, 0.15) is 0 Å². The highest BCUT2D eigenvalue weighted by Gasteiger charge is 2.29. The molecule has 4 atom stereocenters. The van der Waals surface area contributed by atoms with E-state index in [4.69, 9.17) is 5.73 Å². The topological polar surface area (TPSA) is 32.5 Å². The second kappa shape index (κ2) is 7.05. The molecule has 2 N–H and O–H groups in total. The summed E-state index contributed by atoms with van der Waals surface area (Å²) >= 11 is 0.